The third-order valence-electron chi connectivity index (χ3n) is 4.67. The molecule has 0 saturated carbocycles. The molecule has 0 bridgehead atoms. The van der Waals surface area contributed by atoms with Crippen LogP contribution in [0.25, 0.3) is 0 Å². The molecule has 1 aliphatic rings. The predicted molar refractivity (Wildman–Crippen MR) is 103 cm³/mol. The normalized spacial score (nSPS) is 21.0. The lowest BCUT2D eigenvalue weighted by Gasteiger charge is -2.34. The molecule has 1 heterocycles. The third kappa shape index (κ3) is 6.28. The van der Waals surface area contributed by atoms with Crippen molar-refractivity contribution in [2.45, 2.75) is 31.6 Å². The Morgan fingerprint density at radius 3 is 2.44 bits per heavy atom. The van der Waals surface area contributed by atoms with Gasteiger partial charge in [-0.05, 0) is 37.3 Å². The SMILES string of the molecule is CC1CC(C)CN(CCCNC(=O)c2cc([N+](=O)[O-])cc(S(C)(=O)=O)c2)C1. The number of nitrogens with zero attached hydrogens (tertiary/aromatic N) is 2. The molecule has 0 aromatic heterocycles. The number of piperidine rings is 1. The van der Waals surface area contributed by atoms with E-state index >= 15 is 0 Å². The number of nitro groups is 1. The van der Waals surface area contributed by atoms with E-state index in [0.717, 1.165) is 44.4 Å². The van der Waals surface area contributed by atoms with Crippen LogP contribution in [0, 0.1) is 22.0 Å². The fourth-order valence-corrected chi connectivity index (χ4v) is 4.29. The Morgan fingerprint density at radius 2 is 1.89 bits per heavy atom. The Bertz CT molecular complexity index is 799. The van der Waals surface area contributed by atoms with Gasteiger partial charge in [0.15, 0.2) is 9.84 Å². The first-order valence-electron chi connectivity index (χ1n) is 9.06. The maximum absolute atomic E-state index is 12.3. The van der Waals surface area contributed by atoms with E-state index in [4.69, 9.17) is 0 Å². The number of benzene rings is 1. The van der Waals surface area contributed by atoms with Crippen LogP contribution >= 0.6 is 0 Å². The fraction of sp³-hybridized carbons (Fsp3) is 0.611. The summed E-state index contributed by atoms with van der Waals surface area (Å²) in [4.78, 5) is 24.8. The lowest BCUT2D eigenvalue weighted by atomic mass is 9.92. The van der Waals surface area contributed by atoms with Crippen molar-refractivity contribution in [3.05, 3.63) is 33.9 Å². The molecule has 1 N–H and O–H groups in total. The first kappa shape index (κ1) is 21.3. The molecule has 2 unspecified atom stereocenters. The van der Waals surface area contributed by atoms with Crippen LogP contribution < -0.4 is 5.32 Å². The Morgan fingerprint density at radius 1 is 1.26 bits per heavy atom. The number of hydrogen-bond donors (Lipinski definition) is 1. The van der Waals surface area contributed by atoms with E-state index in [9.17, 15) is 23.3 Å². The van der Waals surface area contributed by atoms with E-state index < -0.39 is 26.4 Å². The Balaban J connectivity index is 1.95. The molecule has 1 aromatic carbocycles. The highest BCUT2D eigenvalue weighted by Crippen LogP contribution is 2.22. The highest BCUT2D eigenvalue weighted by atomic mass is 32.2. The van der Waals surface area contributed by atoms with Gasteiger partial charge in [-0.1, -0.05) is 13.8 Å². The van der Waals surface area contributed by atoms with E-state index in [1.54, 1.807) is 0 Å². The van der Waals surface area contributed by atoms with Crippen molar-refractivity contribution in [2.75, 3.05) is 32.4 Å². The number of rotatable bonds is 7. The van der Waals surface area contributed by atoms with Crippen molar-refractivity contribution in [1.82, 2.24) is 10.2 Å². The van der Waals surface area contributed by atoms with Gasteiger partial charge in [0, 0.05) is 43.6 Å². The molecule has 2 atom stereocenters. The van der Waals surface area contributed by atoms with Gasteiger partial charge in [0.25, 0.3) is 11.6 Å². The standard InChI is InChI=1S/C18H27N3O5S/c1-13-7-14(2)12-20(11-13)6-4-5-19-18(22)15-8-16(21(23)24)10-17(9-15)27(3,25)26/h8-10,13-14H,4-7,11-12H2,1-3H3,(H,19,22). The maximum atomic E-state index is 12.3. The predicted octanol–water partition coefficient (Wildman–Crippen LogP) is 2.10. The van der Waals surface area contributed by atoms with E-state index in [0.29, 0.717) is 18.4 Å². The van der Waals surface area contributed by atoms with Gasteiger partial charge < -0.3 is 10.2 Å². The van der Waals surface area contributed by atoms with Gasteiger partial charge in [-0.15, -0.1) is 0 Å². The van der Waals surface area contributed by atoms with E-state index in [-0.39, 0.29) is 10.5 Å². The molecule has 150 valence electrons. The number of nitrogens with one attached hydrogen (secondary N) is 1. The first-order chi connectivity index (χ1) is 12.6. The van der Waals surface area contributed by atoms with Gasteiger partial charge in [0.1, 0.15) is 0 Å². The average molecular weight is 397 g/mol. The van der Waals surface area contributed by atoms with Gasteiger partial charge in [-0.3, -0.25) is 14.9 Å². The molecule has 0 aliphatic carbocycles. The smallest absolute Gasteiger partial charge is 0.271 e. The zero-order valence-corrected chi connectivity index (χ0v) is 16.8. The van der Waals surface area contributed by atoms with Gasteiger partial charge in [-0.25, -0.2) is 8.42 Å². The monoisotopic (exact) mass is 397 g/mol. The fourth-order valence-electron chi connectivity index (χ4n) is 3.62. The molecule has 0 radical (unpaired) electrons. The zero-order chi connectivity index (χ0) is 20.2. The molecule has 1 fully saturated rings. The van der Waals surface area contributed by atoms with Crippen molar-refractivity contribution < 1.29 is 18.1 Å². The molecular weight excluding hydrogens is 370 g/mol. The number of likely N-dealkylation sites (tertiary alicyclic amines) is 1. The minimum atomic E-state index is -3.66. The molecule has 1 saturated heterocycles. The second kappa shape index (κ2) is 8.79. The summed E-state index contributed by atoms with van der Waals surface area (Å²) < 4.78 is 23.4. The van der Waals surface area contributed by atoms with Crippen LogP contribution in [0.5, 0.6) is 0 Å². The summed E-state index contributed by atoms with van der Waals surface area (Å²) in [5.41, 5.74) is -0.441. The molecular formula is C18H27N3O5S. The lowest BCUT2D eigenvalue weighted by Crippen LogP contribution is -2.40. The third-order valence-corrected chi connectivity index (χ3v) is 5.77. The zero-order valence-electron chi connectivity index (χ0n) is 16.0. The quantitative estimate of drug-likeness (QED) is 0.429. The van der Waals surface area contributed by atoms with E-state index in [1.165, 1.54) is 12.5 Å². The summed E-state index contributed by atoms with van der Waals surface area (Å²) in [6, 6.07) is 3.23. The van der Waals surface area contributed by atoms with Gasteiger partial charge >= 0.3 is 0 Å². The van der Waals surface area contributed by atoms with Crippen LogP contribution in [0.1, 0.15) is 37.0 Å². The molecule has 0 spiro atoms. The second-order valence-corrected chi connectivity index (χ2v) is 9.58. The van der Waals surface area contributed by atoms with Crippen molar-refractivity contribution in [2.24, 2.45) is 11.8 Å². The number of carbonyl (C=O) groups is 1. The number of sulfone groups is 1. The number of non-ortho nitro benzene ring substituents is 1. The highest BCUT2D eigenvalue weighted by Gasteiger charge is 2.22. The topological polar surface area (TPSA) is 110 Å². The van der Waals surface area contributed by atoms with Crippen LogP contribution in [-0.4, -0.2) is 56.6 Å². The van der Waals surface area contributed by atoms with Crippen LogP contribution in [0.15, 0.2) is 23.1 Å². The summed E-state index contributed by atoms with van der Waals surface area (Å²) in [5.74, 6) is 0.828. The number of hydrogen-bond acceptors (Lipinski definition) is 6. The molecule has 9 heteroatoms. The largest absolute Gasteiger partial charge is 0.352 e. The molecule has 1 aromatic rings. The van der Waals surface area contributed by atoms with Crippen LogP contribution in [0.4, 0.5) is 5.69 Å². The van der Waals surface area contributed by atoms with Gasteiger partial charge in [-0.2, -0.15) is 0 Å². The summed E-state index contributed by atoms with van der Waals surface area (Å²) in [7, 11) is -3.66. The van der Waals surface area contributed by atoms with Crippen molar-refractivity contribution in [3.8, 4) is 0 Å². The Kier molecular flexibility index (Phi) is 6.94. The first-order valence-corrected chi connectivity index (χ1v) is 11.0. The number of carbonyl (C=O) groups excluding carboxylic acids is 1. The average Bonchev–Trinajstić information content (AvgIpc) is 2.56. The van der Waals surface area contributed by atoms with E-state index in [2.05, 4.69) is 24.1 Å². The van der Waals surface area contributed by atoms with Crippen LogP contribution in [-0.2, 0) is 9.84 Å². The van der Waals surface area contributed by atoms with Crippen molar-refractivity contribution in [3.63, 3.8) is 0 Å². The highest BCUT2D eigenvalue weighted by molar-refractivity contribution is 7.90. The van der Waals surface area contributed by atoms with Crippen LogP contribution in [0.2, 0.25) is 0 Å². The minimum Gasteiger partial charge on any atom is -0.352 e. The lowest BCUT2D eigenvalue weighted by molar-refractivity contribution is -0.385. The summed E-state index contributed by atoms with van der Waals surface area (Å²) in [6.45, 7) is 7.90. The van der Waals surface area contributed by atoms with Gasteiger partial charge in [0.2, 0.25) is 0 Å². The molecule has 1 aliphatic heterocycles. The minimum absolute atomic E-state index is 0.0233. The Hall–Kier alpha value is -2.00. The number of nitro benzene ring substituents is 1. The number of amides is 1. The summed E-state index contributed by atoms with van der Waals surface area (Å²) in [5, 5.41) is 13.7. The maximum Gasteiger partial charge on any atom is 0.271 e. The van der Waals surface area contributed by atoms with E-state index in [1.807, 2.05) is 0 Å². The molecule has 1 amide bonds. The Labute approximate surface area is 160 Å². The molecule has 2 rings (SSSR count). The van der Waals surface area contributed by atoms with Gasteiger partial charge in [0.05, 0.1) is 9.82 Å². The second-order valence-electron chi connectivity index (χ2n) is 7.56. The molecule has 8 nitrogen and oxygen atoms in total. The van der Waals surface area contributed by atoms with Crippen molar-refractivity contribution in [1.29, 1.82) is 0 Å². The van der Waals surface area contributed by atoms with Crippen LogP contribution in [0.3, 0.4) is 0 Å². The van der Waals surface area contributed by atoms with Crippen molar-refractivity contribution >= 4 is 21.4 Å². The summed E-state index contributed by atoms with van der Waals surface area (Å²) in [6.07, 6.45) is 2.95. The summed E-state index contributed by atoms with van der Waals surface area (Å²) >= 11 is 0. The molecule has 27 heavy (non-hydrogen) atoms.